The number of carbonyl (C=O) groups excluding carboxylic acids is 1. The van der Waals surface area contributed by atoms with E-state index in [4.69, 9.17) is 27.0 Å². The molecule has 0 saturated heterocycles. The number of halogens is 1. The van der Waals surface area contributed by atoms with Crippen LogP contribution in [-0.4, -0.2) is 32.0 Å². The lowest BCUT2D eigenvalue weighted by Crippen LogP contribution is -2.21. The summed E-state index contributed by atoms with van der Waals surface area (Å²) < 4.78 is 7.34. The van der Waals surface area contributed by atoms with Gasteiger partial charge in [0.2, 0.25) is 0 Å². The first-order valence-electron chi connectivity index (χ1n) is 7.29. The highest BCUT2D eigenvalue weighted by atomic mass is 35.5. The third-order valence-electron chi connectivity index (χ3n) is 3.35. The van der Waals surface area contributed by atoms with Gasteiger partial charge in [0.15, 0.2) is 16.8 Å². The molecular weight excluding hydrogens is 362 g/mol. The maximum absolute atomic E-state index is 12.0. The van der Waals surface area contributed by atoms with E-state index in [2.05, 4.69) is 10.2 Å². The van der Waals surface area contributed by atoms with Gasteiger partial charge in [0.1, 0.15) is 18.3 Å². The van der Waals surface area contributed by atoms with E-state index < -0.39 is 5.92 Å². The Labute approximate surface area is 154 Å². The van der Waals surface area contributed by atoms with Crippen LogP contribution in [0.25, 0.3) is 0 Å². The molecule has 1 unspecified atom stereocenters. The summed E-state index contributed by atoms with van der Waals surface area (Å²) in [5, 5.41) is 25.5. The van der Waals surface area contributed by atoms with Crippen LogP contribution in [0.15, 0.2) is 29.4 Å². The standard InChI is InChI=1S/C16H16ClN5O2S/c1-10(19)11(7-18)13(23)9-25-16-21-20-15(22(16)2)8-24-14-6-4-3-5-12(14)17/h3-6,11,19H,8-9H2,1-2H3. The Bertz CT molecular complexity index is 830. The highest BCUT2D eigenvalue weighted by Gasteiger charge is 2.21. The number of aromatic nitrogens is 3. The van der Waals surface area contributed by atoms with Crippen LogP contribution >= 0.6 is 23.4 Å². The summed E-state index contributed by atoms with van der Waals surface area (Å²) in [6, 6.07) is 8.96. The van der Waals surface area contributed by atoms with Gasteiger partial charge < -0.3 is 14.7 Å². The minimum atomic E-state index is -1.01. The van der Waals surface area contributed by atoms with Crippen LogP contribution in [0, 0.1) is 22.7 Å². The number of carbonyl (C=O) groups is 1. The van der Waals surface area contributed by atoms with Crippen molar-refractivity contribution < 1.29 is 9.53 Å². The minimum Gasteiger partial charge on any atom is -0.484 e. The smallest absolute Gasteiger partial charge is 0.191 e. The van der Waals surface area contributed by atoms with Crippen molar-refractivity contribution in [2.75, 3.05) is 5.75 Å². The normalized spacial score (nSPS) is 11.6. The predicted molar refractivity (Wildman–Crippen MR) is 95.0 cm³/mol. The van der Waals surface area contributed by atoms with Crippen molar-refractivity contribution in [2.24, 2.45) is 13.0 Å². The van der Waals surface area contributed by atoms with E-state index >= 15 is 0 Å². The van der Waals surface area contributed by atoms with Gasteiger partial charge in [-0.15, -0.1) is 10.2 Å². The van der Waals surface area contributed by atoms with Gasteiger partial charge in [-0.1, -0.05) is 35.5 Å². The van der Waals surface area contributed by atoms with Crippen LogP contribution in [0.4, 0.5) is 0 Å². The van der Waals surface area contributed by atoms with Gasteiger partial charge in [-0.25, -0.2) is 0 Å². The second kappa shape index (κ2) is 8.65. The van der Waals surface area contributed by atoms with Gasteiger partial charge in [0, 0.05) is 12.8 Å². The van der Waals surface area contributed by atoms with Crippen molar-refractivity contribution in [3.8, 4) is 11.8 Å². The topological polar surface area (TPSA) is 105 Å². The van der Waals surface area contributed by atoms with E-state index in [0.717, 1.165) is 0 Å². The van der Waals surface area contributed by atoms with E-state index in [-0.39, 0.29) is 23.9 Å². The molecule has 0 aliphatic rings. The maximum Gasteiger partial charge on any atom is 0.191 e. The third kappa shape index (κ3) is 4.81. The molecule has 7 nitrogen and oxygen atoms in total. The zero-order valence-corrected chi connectivity index (χ0v) is 15.3. The molecule has 0 aliphatic carbocycles. The Morgan fingerprint density at radius 2 is 2.20 bits per heavy atom. The van der Waals surface area contributed by atoms with Gasteiger partial charge in [-0.05, 0) is 19.1 Å². The Morgan fingerprint density at radius 3 is 2.84 bits per heavy atom. The first-order valence-corrected chi connectivity index (χ1v) is 8.66. The molecule has 2 aromatic rings. The molecule has 0 bridgehead atoms. The Morgan fingerprint density at radius 1 is 1.48 bits per heavy atom. The van der Waals surface area contributed by atoms with Crippen LogP contribution in [-0.2, 0) is 18.4 Å². The monoisotopic (exact) mass is 377 g/mol. The van der Waals surface area contributed by atoms with Crippen molar-refractivity contribution in [2.45, 2.75) is 18.7 Å². The quantitative estimate of drug-likeness (QED) is 0.560. The second-order valence-electron chi connectivity index (χ2n) is 5.18. The largest absolute Gasteiger partial charge is 0.484 e. The van der Waals surface area contributed by atoms with Crippen LogP contribution < -0.4 is 4.74 Å². The number of thioether (sulfide) groups is 1. The number of ketones is 1. The number of benzene rings is 1. The predicted octanol–water partition coefficient (Wildman–Crippen LogP) is 2.89. The summed E-state index contributed by atoms with van der Waals surface area (Å²) in [5.41, 5.74) is 0.0416. The Balaban J connectivity index is 1.97. The number of nitriles is 1. The summed E-state index contributed by atoms with van der Waals surface area (Å²) in [6.07, 6.45) is 0. The first kappa shape index (κ1) is 19.0. The molecule has 0 fully saturated rings. The van der Waals surface area contributed by atoms with E-state index in [1.54, 1.807) is 23.7 Å². The summed E-state index contributed by atoms with van der Waals surface area (Å²) >= 11 is 7.21. The number of nitrogens with one attached hydrogen (secondary N) is 1. The maximum atomic E-state index is 12.0. The number of hydrogen-bond donors (Lipinski definition) is 1. The van der Waals surface area contributed by atoms with E-state index in [1.807, 2.05) is 18.2 Å². The number of para-hydroxylation sites is 1. The van der Waals surface area contributed by atoms with Crippen LogP contribution in [0.1, 0.15) is 12.7 Å². The zero-order chi connectivity index (χ0) is 18.4. The third-order valence-corrected chi connectivity index (χ3v) is 4.70. The second-order valence-corrected chi connectivity index (χ2v) is 6.53. The molecule has 1 atom stereocenters. The van der Waals surface area contributed by atoms with Crippen molar-refractivity contribution in [1.82, 2.24) is 14.8 Å². The molecule has 0 aliphatic heterocycles. The summed E-state index contributed by atoms with van der Waals surface area (Å²) in [7, 11) is 1.77. The van der Waals surface area contributed by atoms with Gasteiger partial charge in [-0.2, -0.15) is 5.26 Å². The molecule has 0 amide bonds. The first-order chi connectivity index (χ1) is 11.9. The summed E-state index contributed by atoms with van der Waals surface area (Å²) in [6.45, 7) is 1.63. The zero-order valence-electron chi connectivity index (χ0n) is 13.7. The number of Topliss-reactive ketones (excluding diaryl/α,β-unsaturated/α-hetero) is 1. The average Bonchev–Trinajstić information content (AvgIpc) is 2.92. The van der Waals surface area contributed by atoms with Crippen molar-refractivity contribution in [1.29, 1.82) is 10.7 Å². The molecule has 2 rings (SSSR count). The van der Waals surface area contributed by atoms with Crippen LogP contribution in [0.5, 0.6) is 5.75 Å². The summed E-state index contributed by atoms with van der Waals surface area (Å²) in [5.74, 6) is -0.156. The lowest BCUT2D eigenvalue weighted by atomic mass is 10.0. The van der Waals surface area contributed by atoms with E-state index in [9.17, 15) is 4.79 Å². The molecule has 130 valence electrons. The van der Waals surface area contributed by atoms with Gasteiger partial charge in [-0.3, -0.25) is 4.79 Å². The fraction of sp³-hybridized carbons (Fsp3) is 0.312. The number of nitrogens with zero attached hydrogens (tertiary/aromatic N) is 4. The van der Waals surface area contributed by atoms with Gasteiger partial charge >= 0.3 is 0 Å². The molecule has 0 saturated carbocycles. The van der Waals surface area contributed by atoms with Crippen LogP contribution in [0.3, 0.4) is 0 Å². The summed E-state index contributed by atoms with van der Waals surface area (Å²) in [4.78, 5) is 12.0. The molecule has 9 heteroatoms. The van der Waals surface area contributed by atoms with E-state index in [0.29, 0.717) is 21.8 Å². The molecule has 1 heterocycles. The Kier molecular flexibility index (Phi) is 6.56. The van der Waals surface area contributed by atoms with Crippen molar-refractivity contribution in [3.63, 3.8) is 0 Å². The lowest BCUT2D eigenvalue weighted by Gasteiger charge is -2.08. The molecule has 1 aromatic heterocycles. The Hall–Kier alpha value is -2.37. The highest BCUT2D eigenvalue weighted by Crippen LogP contribution is 2.24. The van der Waals surface area contributed by atoms with Crippen LogP contribution in [0.2, 0.25) is 5.02 Å². The van der Waals surface area contributed by atoms with Gasteiger partial charge in [0.05, 0.1) is 16.8 Å². The highest BCUT2D eigenvalue weighted by molar-refractivity contribution is 7.99. The van der Waals surface area contributed by atoms with Gasteiger partial charge in [0.25, 0.3) is 0 Å². The molecule has 1 N–H and O–H groups in total. The fourth-order valence-corrected chi connectivity index (χ4v) is 2.96. The number of hydrogen-bond acceptors (Lipinski definition) is 7. The van der Waals surface area contributed by atoms with E-state index in [1.165, 1.54) is 18.7 Å². The molecule has 0 spiro atoms. The average molecular weight is 378 g/mol. The molecule has 0 radical (unpaired) electrons. The molecular formula is C16H16ClN5O2S. The SMILES string of the molecule is CC(=N)C(C#N)C(=O)CSc1nnc(COc2ccccc2Cl)n1C. The van der Waals surface area contributed by atoms with Crippen molar-refractivity contribution >= 4 is 34.9 Å². The fourth-order valence-electron chi connectivity index (χ4n) is 1.93. The van der Waals surface area contributed by atoms with Crippen molar-refractivity contribution in [3.05, 3.63) is 35.1 Å². The molecule has 1 aromatic carbocycles. The number of ether oxygens (including phenoxy) is 1. The number of rotatable bonds is 8. The lowest BCUT2D eigenvalue weighted by molar-refractivity contribution is -0.117. The minimum absolute atomic E-state index is 0.0416. The molecule has 25 heavy (non-hydrogen) atoms.